The van der Waals surface area contributed by atoms with E-state index in [0.29, 0.717) is 11.3 Å². The van der Waals surface area contributed by atoms with Crippen molar-refractivity contribution in [3.63, 3.8) is 0 Å². The highest BCUT2D eigenvalue weighted by Crippen LogP contribution is 2.40. The summed E-state index contributed by atoms with van der Waals surface area (Å²) in [5, 5.41) is 5.05. The second-order valence-corrected chi connectivity index (χ2v) is 7.13. The van der Waals surface area contributed by atoms with Crippen LogP contribution in [0, 0.1) is 0 Å². The third kappa shape index (κ3) is 3.45. The molecule has 1 aliphatic rings. The summed E-state index contributed by atoms with van der Waals surface area (Å²) in [7, 11) is 0. The molecule has 0 aromatic heterocycles. The molecule has 0 aliphatic heterocycles. The molecule has 3 heteroatoms. The van der Waals surface area contributed by atoms with E-state index in [2.05, 4.69) is 48.6 Å². The molecule has 0 heterocycles. The van der Waals surface area contributed by atoms with Gasteiger partial charge in [-0.2, -0.15) is 0 Å². The quantitative estimate of drug-likeness (QED) is 0.842. The maximum atomic E-state index is 5.98. The Labute approximate surface area is 136 Å². The van der Waals surface area contributed by atoms with E-state index in [1.807, 2.05) is 23.9 Å². The number of benzene rings is 2. The fourth-order valence-electron chi connectivity index (χ4n) is 3.01. The van der Waals surface area contributed by atoms with Crippen LogP contribution in [-0.4, -0.2) is 11.8 Å². The lowest BCUT2D eigenvalue weighted by Crippen LogP contribution is -2.34. The van der Waals surface area contributed by atoms with Crippen LogP contribution in [-0.2, 0) is 6.42 Å². The standard InChI is InChI=1S/C18H20ClNS/c1-2-20-18-16-6-4-3-5-13(16)7-12-17(18)21-15-10-8-14(19)9-11-15/h3-6,8-11,17-18,20H,2,7,12H2,1H3. The lowest BCUT2D eigenvalue weighted by molar-refractivity contribution is 0.484. The molecule has 1 aliphatic carbocycles. The van der Waals surface area contributed by atoms with Crippen molar-refractivity contribution >= 4 is 23.4 Å². The molecule has 1 N–H and O–H groups in total. The largest absolute Gasteiger partial charge is 0.309 e. The van der Waals surface area contributed by atoms with Crippen LogP contribution in [0.15, 0.2) is 53.4 Å². The lowest BCUT2D eigenvalue weighted by atomic mass is 9.87. The van der Waals surface area contributed by atoms with Crippen LogP contribution in [0.2, 0.25) is 5.02 Å². The highest BCUT2D eigenvalue weighted by Gasteiger charge is 2.29. The Morgan fingerprint density at radius 3 is 2.67 bits per heavy atom. The van der Waals surface area contributed by atoms with Crippen molar-refractivity contribution in [3.05, 3.63) is 64.7 Å². The first-order valence-corrected chi connectivity index (χ1v) is 8.77. The Morgan fingerprint density at radius 1 is 1.14 bits per heavy atom. The maximum absolute atomic E-state index is 5.98. The second-order valence-electron chi connectivity index (χ2n) is 5.38. The topological polar surface area (TPSA) is 12.0 Å². The Morgan fingerprint density at radius 2 is 1.90 bits per heavy atom. The zero-order valence-corrected chi connectivity index (χ0v) is 13.8. The van der Waals surface area contributed by atoms with E-state index in [4.69, 9.17) is 11.6 Å². The molecule has 3 rings (SSSR count). The number of nitrogens with one attached hydrogen (secondary N) is 1. The lowest BCUT2D eigenvalue weighted by Gasteiger charge is -2.34. The minimum absolute atomic E-state index is 0.431. The number of hydrogen-bond donors (Lipinski definition) is 1. The van der Waals surface area contributed by atoms with Gasteiger partial charge in [-0.25, -0.2) is 0 Å². The fraction of sp³-hybridized carbons (Fsp3) is 0.333. The number of aryl methyl sites for hydroxylation is 1. The van der Waals surface area contributed by atoms with Gasteiger partial charge in [0.25, 0.3) is 0 Å². The van der Waals surface area contributed by atoms with Crippen molar-refractivity contribution < 1.29 is 0 Å². The molecule has 2 aromatic carbocycles. The summed E-state index contributed by atoms with van der Waals surface area (Å²) in [6.45, 7) is 3.18. The summed E-state index contributed by atoms with van der Waals surface area (Å²) < 4.78 is 0. The zero-order chi connectivity index (χ0) is 14.7. The third-order valence-electron chi connectivity index (χ3n) is 3.99. The molecule has 2 unspecified atom stereocenters. The minimum atomic E-state index is 0.431. The van der Waals surface area contributed by atoms with Gasteiger partial charge in [0.1, 0.15) is 0 Å². The van der Waals surface area contributed by atoms with E-state index in [-0.39, 0.29) is 0 Å². The SMILES string of the molecule is CCNC1c2ccccc2CCC1Sc1ccc(Cl)cc1. The monoisotopic (exact) mass is 317 g/mol. The Bertz CT molecular complexity index is 596. The summed E-state index contributed by atoms with van der Waals surface area (Å²) in [4.78, 5) is 1.30. The molecule has 0 bridgehead atoms. The van der Waals surface area contributed by atoms with Gasteiger partial charge in [0.15, 0.2) is 0 Å². The zero-order valence-electron chi connectivity index (χ0n) is 12.2. The van der Waals surface area contributed by atoms with Gasteiger partial charge in [-0.3, -0.25) is 0 Å². The van der Waals surface area contributed by atoms with E-state index in [1.165, 1.54) is 28.9 Å². The second kappa shape index (κ2) is 6.87. The molecular formula is C18H20ClNS. The number of fused-ring (bicyclic) bond motifs is 1. The summed E-state index contributed by atoms with van der Waals surface area (Å²) in [5.74, 6) is 0. The Hall–Kier alpha value is -0.960. The number of hydrogen-bond acceptors (Lipinski definition) is 2. The maximum Gasteiger partial charge on any atom is 0.0446 e. The summed E-state index contributed by atoms with van der Waals surface area (Å²) >= 11 is 7.94. The van der Waals surface area contributed by atoms with Crippen LogP contribution >= 0.6 is 23.4 Å². The van der Waals surface area contributed by atoms with Crippen molar-refractivity contribution in [2.45, 2.75) is 36.0 Å². The van der Waals surface area contributed by atoms with Crippen LogP contribution in [0.25, 0.3) is 0 Å². The van der Waals surface area contributed by atoms with E-state index >= 15 is 0 Å². The first kappa shape index (κ1) is 15.0. The van der Waals surface area contributed by atoms with Crippen molar-refractivity contribution in [2.24, 2.45) is 0 Å². The van der Waals surface area contributed by atoms with Crippen molar-refractivity contribution in [2.75, 3.05) is 6.54 Å². The van der Waals surface area contributed by atoms with Gasteiger partial charge in [-0.05, 0) is 54.8 Å². The van der Waals surface area contributed by atoms with E-state index in [1.54, 1.807) is 0 Å². The van der Waals surface area contributed by atoms with Gasteiger partial charge in [-0.1, -0.05) is 42.8 Å². The summed E-state index contributed by atoms with van der Waals surface area (Å²) in [6.07, 6.45) is 2.38. The summed E-state index contributed by atoms with van der Waals surface area (Å²) in [5.41, 5.74) is 2.97. The molecule has 0 spiro atoms. The summed E-state index contributed by atoms with van der Waals surface area (Å²) in [6, 6.07) is 17.5. The van der Waals surface area contributed by atoms with Gasteiger partial charge in [0.05, 0.1) is 0 Å². The van der Waals surface area contributed by atoms with E-state index < -0.39 is 0 Å². The fourth-order valence-corrected chi connectivity index (χ4v) is 4.39. The van der Waals surface area contributed by atoms with Gasteiger partial charge in [0, 0.05) is 21.2 Å². The van der Waals surface area contributed by atoms with Gasteiger partial charge >= 0.3 is 0 Å². The molecule has 0 saturated heterocycles. The predicted molar refractivity (Wildman–Crippen MR) is 92.3 cm³/mol. The molecule has 110 valence electrons. The first-order chi connectivity index (χ1) is 10.3. The minimum Gasteiger partial charge on any atom is -0.309 e. The highest BCUT2D eigenvalue weighted by atomic mass is 35.5. The molecule has 2 aromatic rings. The molecule has 2 atom stereocenters. The smallest absolute Gasteiger partial charge is 0.0446 e. The Kier molecular flexibility index (Phi) is 4.89. The average Bonchev–Trinajstić information content (AvgIpc) is 2.52. The van der Waals surface area contributed by atoms with Crippen LogP contribution < -0.4 is 5.32 Å². The molecule has 21 heavy (non-hydrogen) atoms. The normalized spacial score (nSPS) is 21.0. The third-order valence-corrected chi connectivity index (χ3v) is 5.59. The van der Waals surface area contributed by atoms with Crippen LogP contribution in [0.5, 0.6) is 0 Å². The molecule has 0 radical (unpaired) electrons. The van der Waals surface area contributed by atoms with Crippen LogP contribution in [0.4, 0.5) is 0 Å². The van der Waals surface area contributed by atoms with Crippen LogP contribution in [0.3, 0.4) is 0 Å². The van der Waals surface area contributed by atoms with Crippen molar-refractivity contribution in [1.29, 1.82) is 0 Å². The molecule has 0 fully saturated rings. The molecule has 0 amide bonds. The van der Waals surface area contributed by atoms with Crippen LogP contribution in [0.1, 0.15) is 30.5 Å². The van der Waals surface area contributed by atoms with Gasteiger partial charge < -0.3 is 5.32 Å². The highest BCUT2D eigenvalue weighted by molar-refractivity contribution is 8.00. The first-order valence-electron chi connectivity index (χ1n) is 7.51. The Balaban J connectivity index is 1.83. The van der Waals surface area contributed by atoms with E-state index in [9.17, 15) is 0 Å². The molecule has 0 saturated carbocycles. The van der Waals surface area contributed by atoms with Crippen molar-refractivity contribution in [1.82, 2.24) is 5.32 Å². The number of thioether (sulfide) groups is 1. The van der Waals surface area contributed by atoms with E-state index in [0.717, 1.165) is 11.6 Å². The number of halogens is 1. The van der Waals surface area contributed by atoms with Gasteiger partial charge in [0.2, 0.25) is 0 Å². The molecular weight excluding hydrogens is 298 g/mol. The number of rotatable bonds is 4. The van der Waals surface area contributed by atoms with Crippen molar-refractivity contribution in [3.8, 4) is 0 Å². The van der Waals surface area contributed by atoms with Gasteiger partial charge in [-0.15, -0.1) is 11.8 Å². The predicted octanol–water partition coefficient (Wildman–Crippen LogP) is 5.10. The average molecular weight is 318 g/mol. The molecule has 1 nitrogen and oxygen atoms in total.